The summed E-state index contributed by atoms with van der Waals surface area (Å²) in [6, 6.07) is 1.88. The van der Waals surface area contributed by atoms with Crippen LogP contribution < -0.4 is 19.6 Å². The van der Waals surface area contributed by atoms with E-state index in [1.165, 1.54) is 0 Å². The Labute approximate surface area is 134 Å². The Morgan fingerprint density at radius 3 is 2.96 bits per heavy atom. The molecule has 1 N–H and O–H groups in total. The largest absolute Gasteiger partial charge is 0.492 e. The van der Waals surface area contributed by atoms with Crippen molar-refractivity contribution in [3.63, 3.8) is 0 Å². The monoisotopic (exact) mass is 317 g/mol. The summed E-state index contributed by atoms with van der Waals surface area (Å²) in [5, 5.41) is 4.10. The Morgan fingerprint density at radius 2 is 2.26 bits per heavy atom. The summed E-state index contributed by atoms with van der Waals surface area (Å²) < 4.78 is 16.8. The molecule has 7 nitrogen and oxygen atoms in total. The molecule has 1 amide bonds. The second kappa shape index (κ2) is 5.13. The van der Waals surface area contributed by atoms with Crippen molar-refractivity contribution in [3.8, 4) is 17.2 Å². The zero-order chi connectivity index (χ0) is 16.1. The van der Waals surface area contributed by atoms with Gasteiger partial charge in [-0.2, -0.15) is 5.10 Å². The van der Waals surface area contributed by atoms with E-state index < -0.39 is 0 Å². The van der Waals surface area contributed by atoms with Gasteiger partial charge in [-0.25, -0.2) is 5.43 Å². The van der Waals surface area contributed by atoms with Gasteiger partial charge in [-0.15, -0.1) is 0 Å². The number of nitrogens with zero attached hydrogens (tertiary/aromatic N) is 2. The van der Waals surface area contributed by atoms with Gasteiger partial charge in [0.25, 0.3) is 5.91 Å². The Bertz CT molecular complexity index is 716. The van der Waals surface area contributed by atoms with Crippen molar-refractivity contribution in [3.05, 3.63) is 17.2 Å². The highest BCUT2D eigenvalue weighted by molar-refractivity contribution is 6.07. The van der Waals surface area contributed by atoms with Gasteiger partial charge >= 0.3 is 0 Å². The SMILES string of the molecule is COc1c2c(cc3c1C(C1C(=O)NN=C1C)N(C)CC3)OCO2. The summed E-state index contributed by atoms with van der Waals surface area (Å²) in [7, 11) is 3.65. The molecular formula is C16H19N3O4. The van der Waals surface area contributed by atoms with Crippen LogP contribution in [0.2, 0.25) is 0 Å². The van der Waals surface area contributed by atoms with Crippen LogP contribution in [-0.4, -0.2) is 44.0 Å². The molecule has 122 valence electrons. The molecule has 1 aromatic rings. The quantitative estimate of drug-likeness (QED) is 0.883. The Balaban J connectivity index is 1.91. The van der Waals surface area contributed by atoms with Crippen LogP contribution in [0.5, 0.6) is 17.2 Å². The number of carbonyl (C=O) groups is 1. The van der Waals surface area contributed by atoms with E-state index >= 15 is 0 Å². The predicted octanol–water partition coefficient (Wildman–Crippen LogP) is 1.07. The molecule has 7 heteroatoms. The lowest BCUT2D eigenvalue weighted by molar-refractivity contribution is -0.123. The highest BCUT2D eigenvalue weighted by atomic mass is 16.7. The zero-order valence-electron chi connectivity index (χ0n) is 13.4. The van der Waals surface area contributed by atoms with Crippen LogP contribution in [0.4, 0.5) is 0 Å². The van der Waals surface area contributed by atoms with Crippen molar-refractivity contribution >= 4 is 11.6 Å². The minimum Gasteiger partial charge on any atom is -0.492 e. The maximum atomic E-state index is 12.3. The summed E-state index contributed by atoms with van der Waals surface area (Å²) in [5.74, 6) is 1.60. The average Bonchev–Trinajstić information content (AvgIpc) is 3.13. The summed E-state index contributed by atoms with van der Waals surface area (Å²) in [6.45, 7) is 2.93. The standard InChI is InChI=1S/C16H19N3O4/c1-8-11(16(20)18-17-8)13-12-9(4-5-19(13)2)6-10-14(15(12)21-3)23-7-22-10/h6,11,13H,4-5,7H2,1-3H3,(H,18,20). The van der Waals surface area contributed by atoms with Gasteiger partial charge in [0.15, 0.2) is 11.5 Å². The maximum Gasteiger partial charge on any atom is 0.250 e. The van der Waals surface area contributed by atoms with Crippen molar-refractivity contribution in [2.45, 2.75) is 19.4 Å². The summed E-state index contributed by atoms with van der Waals surface area (Å²) in [6.07, 6.45) is 0.875. The molecule has 1 aromatic carbocycles. The molecule has 0 spiro atoms. The summed E-state index contributed by atoms with van der Waals surface area (Å²) in [5.41, 5.74) is 5.52. The molecule has 23 heavy (non-hydrogen) atoms. The van der Waals surface area contributed by atoms with Gasteiger partial charge in [-0.1, -0.05) is 0 Å². The number of hydrogen-bond donors (Lipinski definition) is 1. The van der Waals surface area contributed by atoms with Crippen molar-refractivity contribution in [2.75, 3.05) is 27.5 Å². The molecule has 0 bridgehead atoms. The van der Waals surface area contributed by atoms with Crippen molar-refractivity contribution in [1.82, 2.24) is 10.3 Å². The first-order chi connectivity index (χ1) is 11.1. The molecule has 0 saturated heterocycles. The fourth-order valence-electron chi connectivity index (χ4n) is 3.73. The number of carbonyl (C=O) groups excluding carboxylic acids is 1. The molecule has 2 unspecified atom stereocenters. The minimum atomic E-state index is -0.326. The van der Waals surface area contributed by atoms with Crippen molar-refractivity contribution in [1.29, 1.82) is 0 Å². The molecule has 0 aliphatic carbocycles. The van der Waals surface area contributed by atoms with Crippen molar-refractivity contribution < 1.29 is 19.0 Å². The molecule has 2 atom stereocenters. The van der Waals surface area contributed by atoms with Gasteiger partial charge in [-0.3, -0.25) is 9.69 Å². The number of nitrogens with one attached hydrogen (secondary N) is 1. The van der Waals surface area contributed by atoms with Gasteiger partial charge in [-0.05, 0) is 32.0 Å². The van der Waals surface area contributed by atoms with Gasteiger partial charge in [0.1, 0.15) is 0 Å². The number of fused-ring (bicyclic) bond motifs is 2. The number of methoxy groups -OCH3 is 1. The third-order valence-electron chi connectivity index (χ3n) is 4.84. The smallest absolute Gasteiger partial charge is 0.250 e. The van der Waals surface area contributed by atoms with E-state index in [1.807, 2.05) is 20.0 Å². The van der Waals surface area contributed by atoms with Crippen LogP contribution in [0.1, 0.15) is 24.1 Å². The fraction of sp³-hybridized carbons (Fsp3) is 0.500. The molecule has 3 heterocycles. The number of rotatable bonds is 2. The predicted molar refractivity (Wildman–Crippen MR) is 82.9 cm³/mol. The van der Waals surface area contributed by atoms with Gasteiger partial charge in [0.2, 0.25) is 12.5 Å². The third-order valence-corrected chi connectivity index (χ3v) is 4.84. The first kappa shape index (κ1) is 14.3. The second-order valence-electron chi connectivity index (χ2n) is 6.10. The van der Waals surface area contributed by atoms with Crippen molar-refractivity contribution in [2.24, 2.45) is 11.0 Å². The van der Waals surface area contributed by atoms with Crippen LogP contribution >= 0.6 is 0 Å². The third kappa shape index (κ3) is 1.99. The van der Waals surface area contributed by atoms with E-state index in [4.69, 9.17) is 14.2 Å². The van der Waals surface area contributed by atoms with E-state index in [-0.39, 0.29) is 24.7 Å². The van der Waals surface area contributed by atoms with E-state index in [2.05, 4.69) is 15.4 Å². The van der Waals surface area contributed by atoms with Crippen LogP contribution in [0.25, 0.3) is 0 Å². The zero-order valence-corrected chi connectivity index (χ0v) is 13.4. The number of amides is 1. The topological polar surface area (TPSA) is 72.4 Å². The normalized spacial score (nSPS) is 25.9. The molecule has 0 radical (unpaired) electrons. The van der Waals surface area contributed by atoms with Crippen LogP contribution in [0, 0.1) is 5.92 Å². The van der Waals surface area contributed by atoms with Gasteiger partial charge < -0.3 is 14.2 Å². The Morgan fingerprint density at radius 1 is 1.43 bits per heavy atom. The molecule has 4 rings (SSSR count). The van der Waals surface area contributed by atoms with E-state index in [0.29, 0.717) is 17.2 Å². The van der Waals surface area contributed by atoms with Crippen LogP contribution in [0.15, 0.2) is 11.2 Å². The van der Waals surface area contributed by atoms with Crippen LogP contribution in [0.3, 0.4) is 0 Å². The lowest BCUT2D eigenvalue weighted by Crippen LogP contribution is -2.42. The maximum absolute atomic E-state index is 12.3. The number of likely N-dealkylation sites (N-methyl/N-ethyl adjacent to an activating group) is 1. The number of hydrogen-bond acceptors (Lipinski definition) is 6. The lowest BCUT2D eigenvalue weighted by Gasteiger charge is -2.38. The second-order valence-corrected chi connectivity index (χ2v) is 6.10. The number of benzene rings is 1. The number of ether oxygens (including phenoxy) is 3. The van der Waals surface area contributed by atoms with Gasteiger partial charge in [0.05, 0.1) is 19.1 Å². The molecule has 3 aliphatic heterocycles. The molecule has 3 aliphatic rings. The van der Waals surface area contributed by atoms with Gasteiger partial charge in [0, 0.05) is 17.8 Å². The highest BCUT2D eigenvalue weighted by Crippen LogP contribution is 2.51. The average molecular weight is 317 g/mol. The highest BCUT2D eigenvalue weighted by Gasteiger charge is 2.43. The number of hydrazone groups is 1. The van der Waals surface area contributed by atoms with E-state index in [0.717, 1.165) is 29.8 Å². The molecule has 0 fully saturated rings. The molecule has 0 aromatic heterocycles. The lowest BCUT2D eigenvalue weighted by atomic mass is 9.82. The fourth-order valence-corrected chi connectivity index (χ4v) is 3.73. The Hall–Kier alpha value is -2.28. The van der Waals surface area contributed by atoms with E-state index in [1.54, 1.807) is 7.11 Å². The first-order valence-electron chi connectivity index (χ1n) is 7.65. The Kier molecular flexibility index (Phi) is 3.19. The minimum absolute atomic E-state index is 0.0769. The molecule has 0 saturated carbocycles. The summed E-state index contributed by atoms with van der Waals surface area (Å²) >= 11 is 0. The first-order valence-corrected chi connectivity index (χ1v) is 7.65. The van der Waals surface area contributed by atoms with E-state index in [9.17, 15) is 4.79 Å². The molecular weight excluding hydrogens is 298 g/mol. The summed E-state index contributed by atoms with van der Waals surface area (Å²) in [4.78, 5) is 14.5. The van der Waals surface area contributed by atoms with Crippen LogP contribution in [-0.2, 0) is 11.2 Å².